The number of nitrogens with zero attached hydrogens (tertiary/aromatic N) is 3. The van der Waals surface area contributed by atoms with Crippen molar-refractivity contribution in [3.8, 4) is 0 Å². The standard InChI is InChI=1S/C14H13N3O3S/c18-13(12-6-15-21-16-12)17-7-10(11(8-17)14(19)20)9-4-2-1-3-5-9/h1-6,10-11H,7-8H2,(H,19,20)/t10-,11-/m1/s1. The average Bonchev–Trinajstić information content (AvgIpc) is 3.17. The fourth-order valence-electron chi connectivity index (χ4n) is 2.68. The van der Waals surface area contributed by atoms with Crippen LogP contribution in [-0.2, 0) is 4.79 Å². The Balaban J connectivity index is 1.85. The molecule has 7 heteroatoms. The maximum Gasteiger partial charge on any atom is 0.308 e. The number of rotatable bonds is 3. The summed E-state index contributed by atoms with van der Waals surface area (Å²) in [5.74, 6) is -1.92. The van der Waals surface area contributed by atoms with E-state index in [1.807, 2.05) is 30.3 Å². The molecule has 0 aliphatic carbocycles. The van der Waals surface area contributed by atoms with E-state index in [0.717, 1.165) is 17.3 Å². The van der Waals surface area contributed by atoms with Crippen LogP contribution in [0.1, 0.15) is 22.0 Å². The predicted molar refractivity (Wildman–Crippen MR) is 76.1 cm³/mol. The number of aliphatic carboxylic acids is 1. The van der Waals surface area contributed by atoms with Crippen LogP contribution in [0.25, 0.3) is 0 Å². The molecule has 1 aromatic heterocycles. The second-order valence-corrected chi connectivity index (χ2v) is 5.52. The third-order valence-electron chi connectivity index (χ3n) is 3.73. The fraction of sp³-hybridized carbons (Fsp3) is 0.286. The topological polar surface area (TPSA) is 83.4 Å². The van der Waals surface area contributed by atoms with Crippen LogP contribution >= 0.6 is 11.7 Å². The van der Waals surface area contributed by atoms with Gasteiger partial charge in [-0.15, -0.1) is 0 Å². The summed E-state index contributed by atoms with van der Waals surface area (Å²) >= 11 is 0.967. The Labute approximate surface area is 125 Å². The van der Waals surface area contributed by atoms with E-state index in [4.69, 9.17) is 0 Å². The molecular weight excluding hydrogens is 290 g/mol. The lowest BCUT2D eigenvalue weighted by molar-refractivity contribution is -0.141. The van der Waals surface area contributed by atoms with Gasteiger partial charge in [-0.25, -0.2) is 0 Å². The number of aromatic nitrogens is 2. The van der Waals surface area contributed by atoms with Gasteiger partial charge in [-0.3, -0.25) is 9.59 Å². The lowest BCUT2D eigenvalue weighted by atomic mass is 9.89. The Morgan fingerprint density at radius 1 is 1.24 bits per heavy atom. The molecule has 1 amide bonds. The third-order valence-corrected chi connectivity index (χ3v) is 4.21. The van der Waals surface area contributed by atoms with Gasteiger partial charge in [0.05, 0.1) is 23.8 Å². The molecule has 2 aromatic rings. The number of carbonyl (C=O) groups excluding carboxylic acids is 1. The molecule has 1 aliphatic rings. The largest absolute Gasteiger partial charge is 0.481 e. The maximum absolute atomic E-state index is 12.3. The van der Waals surface area contributed by atoms with E-state index in [-0.39, 0.29) is 24.1 Å². The molecule has 2 heterocycles. The van der Waals surface area contributed by atoms with Crippen LogP contribution in [0.15, 0.2) is 36.5 Å². The number of hydrogen-bond donors (Lipinski definition) is 1. The summed E-state index contributed by atoms with van der Waals surface area (Å²) in [6.07, 6.45) is 1.42. The van der Waals surface area contributed by atoms with Crippen LogP contribution in [0.2, 0.25) is 0 Å². The third kappa shape index (κ3) is 2.64. The first-order valence-corrected chi connectivity index (χ1v) is 7.24. The van der Waals surface area contributed by atoms with E-state index in [1.54, 1.807) is 4.90 Å². The molecule has 0 spiro atoms. The van der Waals surface area contributed by atoms with Crippen molar-refractivity contribution in [2.45, 2.75) is 5.92 Å². The fourth-order valence-corrected chi connectivity index (χ4v) is 3.09. The molecule has 3 rings (SSSR count). The summed E-state index contributed by atoms with van der Waals surface area (Å²) in [6, 6.07) is 9.45. The van der Waals surface area contributed by atoms with Crippen molar-refractivity contribution in [2.24, 2.45) is 5.92 Å². The Morgan fingerprint density at radius 2 is 2.00 bits per heavy atom. The number of carbonyl (C=O) groups is 2. The molecule has 1 saturated heterocycles. The van der Waals surface area contributed by atoms with Crippen molar-refractivity contribution in [1.29, 1.82) is 0 Å². The molecule has 0 radical (unpaired) electrons. The molecule has 108 valence electrons. The zero-order chi connectivity index (χ0) is 14.8. The van der Waals surface area contributed by atoms with Crippen LogP contribution in [-0.4, -0.2) is 43.7 Å². The van der Waals surface area contributed by atoms with Crippen LogP contribution in [0.4, 0.5) is 0 Å². The van der Waals surface area contributed by atoms with Gasteiger partial charge in [0, 0.05) is 19.0 Å². The molecule has 1 aromatic carbocycles. The van der Waals surface area contributed by atoms with Crippen molar-refractivity contribution in [2.75, 3.05) is 13.1 Å². The first kappa shape index (κ1) is 13.7. The first-order valence-electron chi connectivity index (χ1n) is 6.51. The summed E-state index contributed by atoms with van der Waals surface area (Å²) in [4.78, 5) is 25.3. The van der Waals surface area contributed by atoms with Crippen molar-refractivity contribution >= 4 is 23.6 Å². The number of carboxylic acid groups (broad SMARTS) is 1. The van der Waals surface area contributed by atoms with Gasteiger partial charge in [-0.05, 0) is 5.56 Å². The van der Waals surface area contributed by atoms with Crippen LogP contribution in [0.5, 0.6) is 0 Å². The van der Waals surface area contributed by atoms with E-state index >= 15 is 0 Å². The van der Waals surface area contributed by atoms with E-state index < -0.39 is 11.9 Å². The molecule has 1 N–H and O–H groups in total. The molecule has 0 bridgehead atoms. The smallest absolute Gasteiger partial charge is 0.308 e. The highest BCUT2D eigenvalue weighted by Crippen LogP contribution is 2.33. The van der Waals surface area contributed by atoms with Gasteiger partial charge in [0.2, 0.25) is 0 Å². The normalized spacial score (nSPS) is 21.4. The molecular formula is C14H13N3O3S. The summed E-state index contributed by atoms with van der Waals surface area (Å²) in [7, 11) is 0. The molecule has 0 unspecified atom stereocenters. The van der Waals surface area contributed by atoms with Gasteiger partial charge in [0.1, 0.15) is 0 Å². The van der Waals surface area contributed by atoms with Crippen LogP contribution < -0.4 is 0 Å². The summed E-state index contributed by atoms with van der Waals surface area (Å²) in [5.41, 5.74) is 1.22. The molecule has 1 aliphatic heterocycles. The van der Waals surface area contributed by atoms with Gasteiger partial charge in [0.25, 0.3) is 5.91 Å². The molecule has 2 atom stereocenters. The average molecular weight is 303 g/mol. The Kier molecular flexibility index (Phi) is 3.66. The van der Waals surface area contributed by atoms with Crippen molar-refractivity contribution < 1.29 is 14.7 Å². The number of amides is 1. The summed E-state index contributed by atoms with van der Waals surface area (Å²) in [5, 5.41) is 9.41. The Hall–Kier alpha value is -2.28. The minimum atomic E-state index is -0.879. The van der Waals surface area contributed by atoms with Crippen LogP contribution in [0.3, 0.4) is 0 Å². The number of benzene rings is 1. The molecule has 21 heavy (non-hydrogen) atoms. The number of carboxylic acids is 1. The predicted octanol–water partition coefficient (Wildman–Crippen LogP) is 1.48. The molecule has 0 saturated carbocycles. The van der Waals surface area contributed by atoms with Gasteiger partial charge >= 0.3 is 5.97 Å². The zero-order valence-corrected chi connectivity index (χ0v) is 11.9. The van der Waals surface area contributed by atoms with Gasteiger partial charge in [0.15, 0.2) is 5.69 Å². The summed E-state index contributed by atoms with van der Waals surface area (Å²) in [6.45, 7) is 0.586. The SMILES string of the molecule is O=C(O)[C@@H]1CN(C(=O)c2cnsn2)C[C@@H]1c1ccccc1. The minimum absolute atomic E-state index is 0.195. The minimum Gasteiger partial charge on any atom is -0.481 e. The van der Waals surface area contributed by atoms with Crippen LogP contribution in [0, 0.1) is 5.92 Å². The van der Waals surface area contributed by atoms with Gasteiger partial charge < -0.3 is 10.0 Å². The lowest BCUT2D eigenvalue weighted by Gasteiger charge is -2.15. The highest BCUT2D eigenvalue weighted by atomic mass is 32.1. The Morgan fingerprint density at radius 3 is 2.62 bits per heavy atom. The van der Waals surface area contributed by atoms with E-state index in [1.165, 1.54) is 6.20 Å². The van der Waals surface area contributed by atoms with Gasteiger partial charge in [-0.1, -0.05) is 30.3 Å². The molecule has 6 nitrogen and oxygen atoms in total. The van der Waals surface area contributed by atoms with Crippen molar-refractivity contribution in [1.82, 2.24) is 13.6 Å². The van der Waals surface area contributed by atoms with Gasteiger partial charge in [-0.2, -0.15) is 8.75 Å². The Bertz CT molecular complexity index is 645. The lowest BCUT2D eigenvalue weighted by Crippen LogP contribution is -2.30. The van der Waals surface area contributed by atoms with E-state index in [0.29, 0.717) is 6.54 Å². The quantitative estimate of drug-likeness (QED) is 0.928. The first-order chi connectivity index (χ1) is 10.2. The summed E-state index contributed by atoms with van der Waals surface area (Å²) < 4.78 is 7.73. The van der Waals surface area contributed by atoms with E-state index in [2.05, 4.69) is 8.75 Å². The number of hydrogen-bond acceptors (Lipinski definition) is 5. The van der Waals surface area contributed by atoms with E-state index in [9.17, 15) is 14.7 Å². The number of likely N-dealkylation sites (tertiary alicyclic amines) is 1. The highest BCUT2D eigenvalue weighted by molar-refractivity contribution is 6.99. The van der Waals surface area contributed by atoms with Crippen molar-refractivity contribution in [3.63, 3.8) is 0 Å². The maximum atomic E-state index is 12.3. The second kappa shape index (κ2) is 5.61. The van der Waals surface area contributed by atoms with Crippen molar-refractivity contribution in [3.05, 3.63) is 47.8 Å². The molecule has 1 fully saturated rings. The zero-order valence-electron chi connectivity index (χ0n) is 11.0. The second-order valence-electron chi connectivity index (χ2n) is 4.96. The highest BCUT2D eigenvalue weighted by Gasteiger charge is 2.41. The monoisotopic (exact) mass is 303 g/mol.